The minimum atomic E-state index is 0.566. The van der Waals surface area contributed by atoms with E-state index < -0.39 is 0 Å². The van der Waals surface area contributed by atoms with Crippen LogP contribution in [0.15, 0.2) is 14.0 Å². The number of guanidine groups is 1. The molecule has 0 aliphatic rings. The lowest BCUT2D eigenvalue weighted by Gasteiger charge is -2.11. The summed E-state index contributed by atoms with van der Waals surface area (Å²) >= 11 is 0. The second-order valence-electron chi connectivity index (χ2n) is 5.91. The lowest BCUT2D eigenvalue weighted by molar-refractivity contribution is 0.380. The van der Waals surface area contributed by atoms with Crippen LogP contribution in [-0.4, -0.2) is 29.4 Å². The number of hydrogen-bond acceptors (Lipinski definition) is 5. The third kappa shape index (κ3) is 4.84. The fourth-order valence-corrected chi connectivity index (χ4v) is 2.78. The predicted molar refractivity (Wildman–Crippen MR) is 97.8 cm³/mol. The molecule has 0 spiro atoms. The van der Waals surface area contributed by atoms with Crippen LogP contribution >= 0.6 is 0 Å². The molecule has 0 aromatic carbocycles. The van der Waals surface area contributed by atoms with Crippen LogP contribution in [0.2, 0.25) is 0 Å². The van der Waals surface area contributed by atoms with Gasteiger partial charge in [-0.05, 0) is 33.6 Å². The zero-order valence-corrected chi connectivity index (χ0v) is 15.9. The van der Waals surface area contributed by atoms with Crippen molar-refractivity contribution in [3.05, 3.63) is 34.0 Å². The van der Waals surface area contributed by atoms with Crippen LogP contribution in [0, 0.1) is 13.8 Å². The summed E-state index contributed by atoms with van der Waals surface area (Å²) in [7, 11) is 0. The molecule has 2 aromatic rings. The molecule has 0 unspecified atom stereocenters. The normalized spacial score (nSPS) is 11.8. The average molecular weight is 347 g/mol. The fraction of sp³-hybridized carbons (Fsp3) is 0.611. The molecule has 0 amide bonds. The van der Waals surface area contributed by atoms with Crippen molar-refractivity contribution in [2.24, 2.45) is 4.99 Å². The van der Waals surface area contributed by atoms with E-state index in [0.29, 0.717) is 6.54 Å². The second-order valence-corrected chi connectivity index (χ2v) is 5.91. The van der Waals surface area contributed by atoms with Gasteiger partial charge in [0.05, 0.1) is 17.9 Å². The molecule has 7 nitrogen and oxygen atoms in total. The molecule has 0 aliphatic heterocycles. The highest BCUT2D eigenvalue weighted by atomic mass is 16.5. The molecule has 0 atom stereocenters. The largest absolute Gasteiger partial charge is 0.361 e. The first-order valence-electron chi connectivity index (χ1n) is 9.00. The molecule has 2 aromatic heterocycles. The predicted octanol–water partition coefficient (Wildman–Crippen LogP) is 2.70. The van der Waals surface area contributed by atoms with Crippen LogP contribution in [0.5, 0.6) is 0 Å². The van der Waals surface area contributed by atoms with E-state index >= 15 is 0 Å². The van der Waals surface area contributed by atoms with Crippen molar-refractivity contribution in [2.45, 2.75) is 60.4 Å². The Morgan fingerprint density at radius 1 is 1.00 bits per heavy atom. The van der Waals surface area contributed by atoms with Gasteiger partial charge in [0.2, 0.25) is 0 Å². The summed E-state index contributed by atoms with van der Waals surface area (Å²) in [5, 5.41) is 14.8. The lowest BCUT2D eigenvalue weighted by Crippen LogP contribution is -2.38. The van der Waals surface area contributed by atoms with Crippen molar-refractivity contribution in [2.75, 3.05) is 13.1 Å². The molecule has 2 rings (SSSR count). The summed E-state index contributed by atoms with van der Waals surface area (Å²) in [5.41, 5.74) is 4.20. The Morgan fingerprint density at radius 2 is 1.80 bits per heavy atom. The van der Waals surface area contributed by atoms with Crippen molar-refractivity contribution >= 4 is 5.96 Å². The standard InChI is InChI=1S/C18H29N5O2/c1-6-16-15(17(7-2)25-23-16)11-21-18(19-8-3)20-10-9-14-12(4)22-24-13(14)5/h6-11H2,1-5H3,(H2,19,20,21). The van der Waals surface area contributed by atoms with Crippen LogP contribution < -0.4 is 10.6 Å². The van der Waals surface area contributed by atoms with Gasteiger partial charge in [0.25, 0.3) is 0 Å². The van der Waals surface area contributed by atoms with Gasteiger partial charge in [-0.25, -0.2) is 4.99 Å². The Balaban J connectivity index is 2.00. The number of nitrogens with one attached hydrogen (secondary N) is 2. The van der Waals surface area contributed by atoms with Crippen LogP contribution in [-0.2, 0) is 25.8 Å². The van der Waals surface area contributed by atoms with Crippen LogP contribution in [0.3, 0.4) is 0 Å². The van der Waals surface area contributed by atoms with Crippen molar-refractivity contribution in [1.82, 2.24) is 20.9 Å². The average Bonchev–Trinajstić information content (AvgIpc) is 3.16. The lowest BCUT2D eigenvalue weighted by atomic mass is 10.1. The monoisotopic (exact) mass is 347 g/mol. The molecule has 0 fully saturated rings. The van der Waals surface area contributed by atoms with Crippen molar-refractivity contribution < 1.29 is 9.05 Å². The molecular formula is C18H29N5O2. The third-order valence-electron chi connectivity index (χ3n) is 4.20. The van der Waals surface area contributed by atoms with E-state index in [1.807, 2.05) is 13.8 Å². The molecule has 0 bridgehead atoms. The van der Waals surface area contributed by atoms with Crippen molar-refractivity contribution in [1.29, 1.82) is 0 Å². The highest BCUT2D eigenvalue weighted by molar-refractivity contribution is 5.79. The topological polar surface area (TPSA) is 88.5 Å². The quantitative estimate of drug-likeness (QED) is 0.564. The molecule has 0 aliphatic carbocycles. The highest BCUT2D eigenvalue weighted by Crippen LogP contribution is 2.17. The zero-order valence-electron chi connectivity index (χ0n) is 15.9. The second kappa shape index (κ2) is 9.25. The molecule has 25 heavy (non-hydrogen) atoms. The smallest absolute Gasteiger partial charge is 0.191 e. The molecular weight excluding hydrogens is 318 g/mol. The van der Waals surface area contributed by atoms with Crippen LogP contribution in [0.4, 0.5) is 0 Å². The first kappa shape index (κ1) is 19.0. The summed E-state index contributed by atoms with van der Waals surface area (Å²) in [6.07, 6.45) is 2.53. The van der Waals surface area contributed by atoms with E-state index in [0.717, 1.165) is 72.3 Å². The van der Waals surface area contributed by atoms with E-state index in [9.17, 15) is 0 Å². The van der Waals surface area contributed by atoms with Gasteiger partial charge < -0.3 is 19.7 Å². The van der Waals surface area contributed by atoms with Gasteiger partial charge in [-0.3, -0.25) is 0 Å². The Bertz CT molecular complexity index is 661. The van der Waals surface area contributed by atoms with Gasteiger partial charge in [-0.1, -0.05) is 24.2 Å². The number of hydrogen-bond donors (Lipinski definition) is 2. The molecule has 0 saturated heterocycles. The Hall–Kier alpha value is -2.31. The summed E-state index contributed by atoms with van der Waals surface area (Å²) in [6.45, 7) is 12.3. The first-order valence-corrected chi connectivity index (χ1v) is 9.00. The molecule has 138 valence electrons. The fourth-order valence-electron chi connectivity index (χ4n) is 2.78. The molecule has 2 N–H and O–H groups in total. The maximum Gasteiger partial charge on any atom is 0.191 e. The Labute approximate surface area is 149 Å². The Kier molecular flexibility index (Phi) is 7.03. The number of rotatable bonds is 8. The number of aryl methyl sites for hydroxylation is 4. The van der Waals surface area contributed by atoms with E-state index in [-0.39, 0.29) is 0 Å². The molecule has 0 saturated carbocycles. The summed E-state index contributed by atoms with van der Waals surface area (Å²) < 4.78 is 10.6. The van der Waals surface area contributed by atoms with Gasteiger partial charge in [-0.15, -0.1) is 0 Å². The molecule has 7 heteroatoms. The third-order valence-corrected chi connectivity index (χ3v) is 4.20. The first-order chi connectivity index (χ1) is 12.1. The minimum Gasteiger partial charge on any atom is -0.361 e. The summed E-state index contributed by atoms with van der Waals surface area (Å²) in [5.74, 6) is 2.60. The van der Waals surface area contributed by atoms with E-state index in [2.05, 4.69) is 41.7 Å². The van der Waals surface area contributed by atoms with Gasteiger partial charge in [0.1, 0.15) is 11.5 Å². The van der Waals surface area contributed by atoms with E-state index in [1.54, 1.807) is 0 Å². The summed E-state index contributed by atoms with van der Waals surface area (Å²) in [6, 6.07) is 0. The maximum absolute atomic E-state index is 5.41. The van der Waals surface area contributed by atoms with Gasteiger partial charge in [-0.2, -0.15) is 0 Å². The van der Waals surface area contributed by atoms with Crippen LogP contribution in [0.1, 0.15) is 54.8 Å². The van der Waals surface area contributed by atoms with Crippen molar-refractivity contribution in [3.8, 4) is 0 Å². The Morgan fingerprint density at radius 3 is 2.40 bits per heavy atom. The van der Waals surface area contributed by atoms with E-state index in [1.165, 1.54) is 0 Å². The van der Waals surface area contributed by atoms with Gasteiger partial charge in [0, 0.05) is 30.6 Å². The molecule has 2 heterocycles. The SMILES string of the molecule is CCNC(=NCc1c(CC)noc1CC)NCCc1c(C)noc1C. The van der Waals surface area contributed by atoms with Crippen LogP contribution in [0.25, 0.3) is 0 Å². The van der Waals surface area contributed by atoms with Crippen molar-refractivity contribution in [3.63, 3.8) is 0 Å². The van der Waals surface area contributed by atoms with Gasteiger partial charge >= 0.3 is 0 Å². The van der Waals surface area contributed by atoms with Gasteiger partial charge in [0.15, 0.2) is 5.96 Å². The zero-order chi connectivity index (χ0) is 18.2. The maximum atomic E-state index is 5.41. The highest BCUT2D eigenvalue weighted by Gasteiger charge is 2.13. The number of aromatic nitrogens is 2. The number of aliphatic imine (C=N–C) groups is 1. The minimum absolute atomic E-state index is 0.566. The van der Waals surface area contributed by atoms with E-state index in [4.69, 9.17) is 14.0 Å². The number of nitrogens with zero attached hydrogens (tertiary/aromatic N) is 3. The summed E-state index contributed by atoms with van der Waals surface area (Å²) in [4.78, 5) is 4.69. The molecule has 0 radical (unpaired) electrons.